The largest absolute Gasteiger partial charge is 0.348 e. The Kier molecular flexibility index (Phi) is 2.69. The van der Waals surface area contributed by atoms with Crippen molar-refractivity contribution in [1.29, 1.82) is 0 Å². The minimum Gasteiger partial charge on any atom is -0.348 e. The monoisotopic (exact) mass is 227 g/mol. The third-order valence-electron chi connectivity index (χ3n) is 3.48. The third kappa shape index (κ3) is 1.87. The average molecular weight is 227 g/mol. The molecule has 17 heavy (non-hydrogen) atoms. The van der Waals surface area contributed by atoms with Crippen molar-refractivity contribution < 1.29 is 0 Å². The maximum absolute atomic E-state index is 5.61. The molecule has 0 saturated carbocycles. The fraction of sp³-hybridized carbons (Fsp3) is 0.357. The topological polar surface area (TPSA) is 54.7 Å². The van der Waals surface area contributed by atoms with Crippen molar-refractivity contribution in [2.24, 2.45) is 5.73 Å². The molecule has 0 spiro atoms. The zero-order valence-corrected chi connectivity index (χ0v) is 9.87. The number of imidazole rings is 1. The number of hydrogen-bond acceptors (Lipinski definition) is 2. The zero-order valence-electron chi connectivity index (χ0n) is 9.87. The standard InChI is InChI=1S/C14H17N3/c15-7-6-13-14(17-9-16-13)12-5-4-10-2-1-3-11(10)8-12/h4-5,8-9H,1-3,6-7,15H2,(H,16,17). The predicted octanol–water partition coefficient (Wildman–Crippen LogP) is 2.07. The Labute approximate surface area is 101 Å². The summed E-state index contributed by atoms with van der Waals surface area (Å²) in [6.45, 7) is 0.653. The number of benzene rings is 1. The molecule has 3 rings (SSSR count). The second-order valence-electron chi connectivity index (χ2n) is 4.61. The Morgan fingerprint density at radius 1 is 1.24 bits per heavy atom. The minimum absolute atomic E-state index is 0.653. The van der Waals surface area contributed by atoms with E-state index in [1.54, 1.807) is 6.33 Å². The van der Waals surface area contributed by atoms with E-state index in [1.807, 2.05) is 0 Å². The molecule has 3 N–H and O–H groups in total. The zero-order chi connectivity index (χ0) is 11.7. The van der Waals surface area contributed by atoms with Gasteiger partial charge in [0.1, 0.15) is 0 Å². The van der Waals surface area contributed by atoms with E-state index < -0.39 is 0 Å². The molecule has 1 aliphatic carbocycles. The van der Waals surface area contributed by atoms with Gasteiger partial charge in [-0.25, -0.2) is 4.98 Å². The van der Waals surface area contributed by atoms with Gasteiger partial charge in [-0.05, 0) is 43.0 Å². The van der Waals surface area contributed by atoms with Crippen LogP contribution in [0.25, 0.3) is 11.3 Å². The van der Waals surface area contributed by atoms with Crippen LogP contribution in [0.4, 0.5) is 0 Å². The molecular formula is C14H17N3. The van der Waals surface area contributed by atoms with E-state index in [9.17, 15) is 0 Å². The lowest BCUT2D eigenvalue weighted by Gasteiger charge is -2.05. The highest BCUT2D eigenvalue weighted by atomic mass is 14.9. The van der Waals surface area contributed by atoms with Gasteiger partial charge in [-0.2, -0.15) is 0 Å². The van der Waals surface area contributed by atoms with E-state index in [4.69, 9.17) is 5.73 Å². The van der Waals surface area contributed by atoms with Crippen LogP contribution in [0.5, 0.6) is 0 Å². The number of aromatic amines is 1. The van der Waals surface area contributed by atoms with Crippen molar-refractivity contribution in [3.05, 3.63) is 41.3 Å². The first-order chi connectivity index (χ1) is 8.38. The number of hydrogen-bond donors (Lipinski definition) is 2. The van der Waals surface area contributed by atoms with Crippen LogP contribution in [0, 0.1) is 0 Å². The molecule has 1 heterocycles. The van der Waals surface area contributed by atoms with Crippen LogP contribution in [-0.2, 0) is 19.3 Å². The molecule has 0 atom stereocenters. The summed E-state index contributed by atoms with van der Waals surface area (Å²) in [5.41, 5.74) is 12.0. The van der Waals surface area contributed by atoms with Crippen molar-refractivity contribution in [2.75, 3.05) is 6.54 Å². The molecule has 1 aromatic carbocycles. The lowest BCUT2D eigenvalue weighted by atomic mass is 10.0. The van der Waals surface area contributed by atoms with Crippen molar-refractivity contribution in [3.8, 4) is 11.3 Å². The summed E-state index contributed by atoms with van der Waals surface area (Å²) >= 11 is 0. The summed E-state index contributed by atoms with van der Waals surface area (Å²) in [7, 11) is 0. The summed E-state index contributed by atoms with van der Waals surface area (Å²) in [5, 5.41) is 0. The van der Waals surface area contributed by atoms with Gasteiger partial charge >= 0.3 is 0 Å². The van der Waals surface area contributed by atoms with Crippen LogP contribution < -0.4 is 5.73 Å². The van der Waals surface area contributed by atoms with Crippen LogP contribution in [0.15, 0.2) is 24.5 Å². The summed E-state index contributed by atoms with van der Waals surface area (Å²) in [6.07, 6.45) is 6.33. The van der Waals surface area contributed by atoms with Gasteiger partial charge in [-0.15, -0.1) is 0 Å². The fourth-order valence-corrected chi connectivity index (χ4v) is 2.62. The smallest absolute Gasteiger partial charge is 0.0929 e. The second kappa shape index (κ2) is 4.34. The molecule has 0 amide bonds. The van der Waals surface area contributed by atoms with E-state index in [0.29, 0.717) is 6.54 Å². The fourth-order valence-electron chi connectivity index (χ4n) is 2.62. The van der Waals surface area contributed by atoms with Gasteiger partial charge < -0.3 is 10.7 Å². The molecule has 3 heteroatoms. The Morgan fingerprint density at radius 3 is 3.00 bits per heavy atom. The van der Waals surface area contributed by atoms with Crippen molar-refractivity contribution in [2.45, 2.75) is 25.7 Å². The van der Waals surface area contributed by atoms with E-state index >= 15 is 0 Å². The highest BCUT2D eigenvalue weighted by Gasteiger charge is 2.13. The van der Waals surface area contributed by atoms with Crippen LogP contribution in [-0.4, -0.2) is 16.5 Å². The Morgan fingerprint density at radius 2 is 2.12 bits per heavy atom. The van der Waals surface area contributed by atoms with E-state index in [-0.39, 0.29) is 0 Å². The van der Waals surface area contributed by atoms with Crippen molar-refractivity contribution in [1.82, 2.24) is 9.97 Å². The van der Waals surface area contributed by atoms with E-state index in [1.165, 1.54) is 36.0 Å². The van der Waals surface area contributed by atoms with Gasteiger partial charge in [0.2, 0.25) is 0 Å². The quantitative estimate of drug-likeness (QED) is 0.843. The molecule has 0 fully saturated rings. The predicted molar refractivity (Wildman–Crippen MR) is 68.8 cm³/mol. The number of nitrogens with zero attached hydrogens (tertiary/aromatic N) is 1. The summed E-state index contributed by atoms with van der Waals surface area (Å²) < 4.78 is 0. The number of nitrogens with one attached hydrogen (secondary N) is 1. The molecule has 0 unspecified atom stereocenters. The molecule has 1 aliphatic rings. The van der Waals surface area contributed by atoms with Crippen molar-refractivity contribution >= 4 is 0 Å². The van der Waals surface area contributed by atoms with Crippen LogP contribution in [0.2, 0.25) is 0 Å². The SMILES string of the molecule is NCCc1[nH]cnc1-c1ccc2c(c1)CCC2. The molecule has 88 valence electrons. The van der Waals surface area contributed by atoms with Gasteiger partial charge in [0.15, 0.2) is 0 Å². The molecule has 0 aliphatic heterocycles. The van der Waals surface area contributed by atoms with Gasteiger partial charge in [0, 0.05) is 17.7 Å². The Bertz CT molecular complexity index is 528. The Balaban J connectivity index is 2.00. The van der Waals surface area contributed by atoms with Crippen LogP contribution >= 0.6 is 0 Å². The second-order valence-corrected chi connectivity index (χ2v) is 4.61. The van der Waals surface area contributed by atoms with Gasteiger partial charge in [0.25, 0.3) is 0 Å². The van der Waals surface area contributed by atoms with E-state index in [0.717, 1.165) is 17.8 Å². The summed E-state index contributed by atoms with van der Waals surface area (Å²) in [5.74, 6) is 0. The van der Waals surface area contributed by atoms with Gasteiger partial charge in [-0.3, -0.25) is 0 Å². The molecule has 3 nitrogen and oxygen atoms in total. The highest BCUT2D eigenvalue weighted by Crippen LogP contribution is 2.28. The van der Waals surface area contributed by atoms with E-state index in [2.05, 4.69) is 28.2 Å². The number of nitrogens with two attached hydrogens (primary N) is 1. The third-order valence-corrected chi connectivity index (χ3v) is 3.48. The first-order valence-corrected chi connectivity index (χ1v) is 6.23. The molecule has 2 aromatic rings. The summed E-state index contributed by atoms with van der Waals surface area (Å²) in [6, 6.07) is 6.72. The maximum atomic E-state index is 5.61. The number of aryl methyl sites for hydroxylation is 2. The van der Waals surface area contributed by atoms with Gasteiger partial charge in [-0.1, -0.05) is 12.1 Å². The number of H-pyrrole nitrogens is 1. The molecular weight excluding hydrogens is 210 g/mol. The van der Waals surface area contributed by atoms with Crippen LogP contribution in [0.3, 0.4) is 0 Å². The molecule has 1 aromatic heterocycles. The molecule has 0 radical (unpaired) electrons. The lowest BCUT2D eigenvalue weighted by Crippen LogP contribution is -2.04. The minimum atomic E-state index is 0.653. The highest BCUT2D eigenvalue weighted by molar-refractivity contribution is 5.64. The van der Waals surface area contributed by atoms with Gasteiger partial charge in [0.05, 0.1) is 12.0 Å². The number of fused-ring (bicyclic) bond motifs is 1. The van der Waals surface area contributed by atoms with Crippen LogP contribution in [0.1, 0.15) is 23.2 Å². The lowest BCUT2D eigenvalue weighted by molar-refractivity contribution is 0.912. The molecule has 0 bridgehead atoms. The molecule has 0 saturated heterocycles. The maximum Gasteiger partial charge on any atom is 0.0929 e. The average Bonchev–Trinajstić information content (AvgIpc) is 2.96. The van der Waals surface area contributed by atoms with Crippen molar-refractivity contribution in [3.63, 3.8) is 0 Å². The number of rotatable bonds is 3. The number of aromatic nitrogens is 2. The first-order valence-electron chi connectivity index (χ1n) is 6.23. The first kappa shape index (κ1) is 10.5. The summed E-state index contributed by atoms with van der Waals surface area (Å²) in [4.78, 5) is 7.60. The normalized spacial score (nSPS) is 13.9. The Hall–Kier alpha value is -1.61.